The van der Waals surface area contributed by atoms with Gasteiger partial charge >= 0.3 is 6.18 Å². The van der Waals surface area contributed by atoms with E-state index in [0.29, 0.717) is 44.1 Å². The molecule has 1 saturated heterocycles. The number of aromatic nitrogens is 4. The maximum atomic E-state index is 12.9. The largest absolute Gasteiger partial charge is 0.433 e. The highest BCUT2D eigenvalue weighted by molar-refractivity contribution is 5.78. The SMILES string of the molecule is Cc1nc2cc(C)c3c(n2n1)CN(C(=O)CC1CN(c2ccc(C(F)(F)F)nc2)C1)C3. The Kier molecular flexibility index (Phi) is 4.42. The third-order valence-corrected chi connectivity index (χ3v) is 6.03. The van der Waals surface area contributed by atoms with E-state index >= 15 is 0 Å². The molecule has 5 heterocycles. The fourth-order valence-electron chi connectivity index (χ4n) is 4.37. The van der Waals surface area contributed by atoms with Crippen molar-refractivity contribution in [3.8, 4) is 0 Å². The normalized spacial score (nSPS) is 16.7. The summed E-state index contributed by atoms with van der Waals surface area (Å²) in [7, 11) is 0. The lowest BCUT2D eigenvalue weighted by Crippen LogP contribution is -2.48. The van der Waals surface area contributed by atoms with E-state index in [9.17, 15) is 18.0 Å². The molecule has 0 aliphatic carbocycles. The Morgan fingerprint density at radius 1 is 1.19 bits per heavy atom. The molecule has 0 atom stereocenters. The molecule has 3 aromatic rings. The third-order valence-electron chi connectivity index (χ3n) is 6.03. The van der Waals surface area contributed by atoms with E-state index in [0.717, 1.165) is 28.5 Å². The van der Waals surface area contributed by atoms with Gasteiger partial charge in [0.15, 0.2) is 5.65 Å². The first kappa shape index (κ1) is 19.8. The van der Waals surface area contributed by atoms with Crippen LogP contribution in [0.15, 0.2) is 24.4 Å². The van der Waals surface area contributed by atoms with E-state index in [1.54, 1.807) is 0 Å². The summed E-state index contributed by atoms with van der Waals surface area (Å²) in [4.78, 5) is 24.6. The maximum absolute atomic E-state index is 12.9. The number of alkyl halides is 3. The van der Waals surface area contributed by atoms with Crippen LogP contribution in [0.3, 0.4) is 0 Å². The van der Waals surface area contributed by atoms with Gasteiger partial charge in [-0.25, -0.2) is 14.5 Å². The standard InChI is InChI=1S/C21H21F3N6O/c1-12-5-19-26-13(2)27-30(19)17-11-29(10-16(12)17)20(31)6-14-8-28(9-14)15-3-4-18(25-7-15)21(22,23)24/h3-5,7,14H,6,8-11H2,1-2H3. The van der Waals surface area contributed by atoms with Gasteiger partial charge < -0.3 is 9.80 Å². The molecule has 0 unspecified atom stereocenters. The van der Waals surface area contributed by atoms with Crippen molar-refractivity contribution in [2.75, 3.05) is 18.0 Å². The molecule has 0 saturated carbocycles. The van der Waals surface area contributed by atoms with Crippen LogP contribution in [0.1, 0.15) is 34.8 Å². The van der Waals surface area contributed by atoms with Crippen molar-refractivity contribution in [1.82, 2.24) is 24.5 Å². The number of pyridine rings is 2. The second-order valence-electron chi connectivity index (χ2n) is 8.31. The molecule has 3 aromatic heterocycles. The van der Waals surface area contributed by atoms with Crippen LogP contribution in [0.2, 0.25) is 0 Å². The van der Waals surface area contributed by atoms with Gasteiger partial charge in [0.2, 0.25) is 5.91 Å². The average molecular weight is 430 g/mol. The summed E-state index contributed by atoms with van der Waals surface area (Å²) < 4.78 is 39.8. The molecular formula is C21H21F3N6O. The van der Waals surface area contributed by atoms with Gasteiger partial charge in [-0.15, -0.1) is 0 Å². The molecule has 7 nitrogen and oxygen atoms in total. The zero-order valence-corrected chi connectivity index (χ0v) is 17.1. The van der Waals surface area contributed by atoms with Crippen LogP contribution < -0.4 is 4.90 Å². The highest BCUT2D eigenvalue weighted by Crippen LogP contribution is 2.32. The Morgan fingerprint density at radius 3 is 2.65 bits per heavy atom. The summed E-state index contributed by atoms with van der Waals surface area (Å²) in [5.41, 5.74) is 3.78. The summed E-state index contributed by atoms with van der Waals surface area (Å²) in [5.74, 6) is 0.953. The van der Waals surface area contributed by atoms with Gasteiger partial charge in [0.1, 0.15) is 11.5 Å². The predicted molar refractivity (Wildman–Crippen MR) is 106 cm³/mol. The fourth-order valence-corrected chi connectivity index (χ4v) is 4.37. The molecule has 0 radical (unpaired) electrons. The van der Waals surface area contributed by atoms with Crippen LogP contribution >= 0.6 is 0 Å². The Labute approximate surface area is 176 Å². The lowest BCUT2D eigenvalue weighted by Gasteiger charge is -2.41. The molecule has 31 heavy (non-hydrogen) atoms. The molecular weight excluding hydrogens is 409 g/mol. The Hall–Kier alpha value is -3.17. The number of nitrogens with zero attached hydrogens (tertiary/aromatic N) is 6. The minimum absolute atomic E-state index is 0.0794. The predicted octanol–water partition coefficient (Wildman–Crippen LogP) is 3.13. The molecule has 1 amide bonds. The number of fused-ring (bicyclic) bond motifs is 3. The molecule has 2 aliphatic rings. The first-order chi connectivity index (χ1) is 14.7. The Balaban J connectivity index is 1.20. The molecule has 5 rings (SSSR count). The zero-order valence-electron chi connectivity index (χ0n) is 17.1. The Bertz CT molecular complexity index is 1160. The van der Waals surface area contributed by atoms with E-state index in [1.165, 1.54) is 12.3 Å². The van der Waals surface area contributed by atoms with Gasteiger partial charge in [0.25, 0.3) is 0 Å². The highest BCUT2D eigenvalue weighted by atomic mass is 19.4. The van der Waals surface area contributed by atoms with Crippen LogP contribution in [0.5, 0.6) is 0 Å². The van der Waals surface area contributed by atoms with Gasteiger partial charge in [-0.05, 0) is 43.2 Å². The number of hydrogen-bond donors (Lipinski definition) is 0. The van der Waals surface area contributed by atoms with Crippen LogP contribution in [-0.2, 0) is 24.1 Å². The topological polar surface area (TPSA) is 66.6 Å². The molecule has 2 aliphatic heterocycles. The number of carbonyl (C=O) groups excluding carboxylic acids is 1. The monoisotopic (exact) mass is 430 g/mol. The van der Waals surface area contributed by atoms with Crippen LogP contribution in [0.4, 0.5) is 18.9 Å². The van der Waals surface area contributed by atoms with Gasteiger partial charge in [0.05, 0.1) is 24.1 Å². The molecule has 0 aromatic carbocycles. The van der Waals surface area contributed by atoms with Crippen LogP contribution in [-0.4, -0.2) is 43.5 Å². The smallest absolute Gasteiger partial charge is 0.370 e. The van der Waals surface area contributed by atoms with E-state index in [2.05, 4.69) is 15.1 Å². The summed E-state index contributed by atoms with van der Waals surface area (Å²) in [5, 5.41) is 4.46. The van der Waals surface area contributed by atoms with E-state index in [1.807, 2.05) is 34.2 Å². The van der Waals surface area contributed by atoms with Gasteiger partial charge in [0, 0.05) is 32.0 Å². The molecule has 1 fully saturated rings. The molecule has 0 bridgehead atoms. The van der Waals surface area contributed by atoms with Crippen molar-refractivity contribution in [2.24, 2.45) is 5.92 Å². The zero-order chi connectivity index (χ0) is 21.9. The van der Waals surface area contributed by atoms with E-state index in [4.69, 9.17) is 0 Å². The minimum Gasteiger partial charge on any atom is -0.370 e. The van der Waals surface area contributed by atoms with Crippen molar-refractivity contribution in [1.29, 1.82) is 0 Å². The lowest BCUT2D eigenvalue weighted by molar-refractivity contribution is -0.141. The number of hydrogen-bond acceptors (Lipinski definition) is 5. The van der Waals surface area contributed by atoms with Gasteiger partial charge in [-0.1, -0.05) is 0 Å². The summed E-state index contributed by atoms with van der Waals surface area (Å²) >= 11 is 0. The number of aryl methyl sites for hydroxylation is 2. The number of halogens is 3. The van der Waals surface area contributed by atoms with Gasteiger partial charge in [-0.3, -0.25) is 4.79 Å². The van der Waals surface area contributed by atoms with Gasteiger partial charge in [-0.2, -0.15) is 18.3 Å². The minimum atomic E-state index is -4.44. The van der Waals surface area contributed by atoms with Crippen molar-refractivity contribution in [3.05, 3.63) is 52.7 Å². The third kappa shape index (κ3) is 3.49. The maximum Gasteiger partial charge on any atom is 0.433 e. The van der Waals surface area contributed by atoms with Crippen LogP contribution in [0.25, 0.3) is 5.65 Å². The van der Waals surface area contributed by atoms with Crippen molar-refractivity contribution in [3.63, 3.8) is 0 Å². The first-order valence-electron chi connectivity index (χ1n) is 10.1. The number of carbonyl (C=O) groups is 1. The molecule has 162 valence electrons. The quantitative estimate of drug-likeness (QED) is 0.639. The van der Waals surface area contributed by atoms with Crippen molar-refractivity contribution < 1.29 is 18.0 Å². The summed E-state index contributed by atoms with van der Waals surface area (Å²) in [6, 6.07) is 4.41. The lowest BCUT2D eigenvalue weighted by atomic mass is 9.95. The molecule has 0 N–H and O–H groups in total. The van der Waals surface area contributed by atoms with Crippen LogP contribution in [0, 0.1) is 19.8 Å². The second kappa shape index (κ2) is 6.93. The number of rotatable bonds is 3. The van der Waals surface area contributed by atoms with E-state index < -0.39 is 11.9 Å². The van der Waals surface area contributed by atoms with Crippen molar-refractivity contribution >= 4 is 17.2 Å². The second-order valence-corrected chi connectivity index (χ2v) is 8.31. The molecule has 10 heteroatoms. The summed E-state index contributed by atoms with van der Waals surface area (Å²) in [6.07, 6.45) is -2.78. The summed E-state index contributed by atoms with van der Waals surface area (Å²) in [6.45, 7) is 6.21. The fraction of sp³-hybridized carbons (Fsp3) is 0.429. The number of amides is 1. The first-order valence-corrected chi connectivity index (χ1v) is 10.1. The number of anilines is 1. The van der Waals surface area contributed by atoms with Crippen molar-refractivity contribution in [2.45, 2.75) is 39.5 Å². The van der Waals surface area contributed by atoms with E-state index in [-0.39, 0.29) is 11.8 Å². The average Bonchev–Trinajstić information content (AvgIpc) is 3.27. The Morgan fingerprint density at radius 2 is 1.97 bits per heavy atom. The molecule has 0 spiro atoms. The highest BCUT2D eigenvalue weighted by Gasteiger charge is 2.35.